The zero-order valence-corrected chi connectivity index (χ0v) is 14.3. The highest BCUT2D eigenvalue weighted by atomic mass is 19.1. The van der Waals surface area contributed by atoms with E-state index in [1.54, 1.807) is 7.11 Å². The molecule has 134 valence electrons. The van der Waals surface area contributed by atoms with E-state index in [1.165, 1.54) is 17.7 Å². The predicted octanol–water partition coefficient (Wildman–Crippen LogP) is 2.15. The monoisotopic (exact) mass is 347 g/mol. The van der Waals surface area contributed by atoms with Gasteiger partial charge in [0.05, 0.1) is 19.8 Å². The summed E-state index contributed by atoms with van der Waals surface area (Å²) in [5.74, 6) is 1.51. The van der Waals surface area contributed by atoms with Crippen LogP contribution in [0.25, 0.3) is 0 Å². The molecule has 0 N–H and O–H groups in total. The minimum atomic E-state index is -0.592. The fourth-order valence-corrected chi connectivity index (χ4v) is 3.54. The van der Waals surface area contributed by atoms with Gasteiger partial charge in [0.1, 0.15) is 5.82 Å². The van der Waals surface area contributed by atoms with E-state index in [2.05, 4.69) is 15.1 Å². The van der Waals surface area contributed by atoms with Crippen LogP contribution in [0, 0.1) is 11.7 Å². The van der Waals surface area contributed by atoms with Gasteiger partial charge in [-0.3, -0.25) is 4.90 Å². The first-order valence-electron chi connectivity index (χ1n) is 8.59. The predicted molar refractivity (Wildman–Crippen MR) is 87.3 cm³/mol. The molecule has 2 aromatic rings. The lowest BCUT2D eigenvalue weighted by Crippen LogP contribution is -2.46. The summed E-state index contributed by atoms with van der Waals surface area (Å²) in [7, 11) is 1.65. The Morgan fingerprint density at radius 2 is 2.08 bits per heavy atom. The van der Waals surface area contributed by atoms with Gasteiger partial charge in [0, 0.05) is 26.6 Å². The second-order valence-electron chi connectivity index (χ2n) is 6.89. The first-order chi connectivity index (χ1) is 12.2. The number of rotatable bonds is 6. The van der Waals surface area contributed by atoms with E-state index < -0.39 is 5.60 Å². The number of ether oxygens (including phenoxy) is 2. The van der Waals surface area contributed by atoms with Gasteiger partial charge < -0.3 is 13.9 Å². The number of hydrogen-bond acceptors (Lipinski definition) is 6. The van der Waals surface area contributed by atoms with Crippen molar-refractivity contribution < 1.29 is 18.3 Å². The van der Waals surface area contributed by atoms with E-state index >= 15 is 0 Å². The number of aromatic nitrogens is 2. The summed E-state index contributed by atoms with van der Waals surface area (Å²) in [5.41, 5.74) is 0.583. The quantitative estimate of drug-likeness (QED) is 0.798. The van der Waals surface area contributed by atoms with Gasteiger partial charge in [0.15, 0.2) is 5.60 Å². The third kappa shape index (κ3) is 3.44. The molecule has 7 heteroatoms. The Bertz CT molecular complexity index is 707. The summed E-state index contributed by atoms with van der Waals surface area (Å²) in [4.78, 5) is 2.27. The molecule has 0 bridgehead atoms. The van der Waals surface area contributed by atoms with Crippen LogP contribution in [0.1, 0.15) is 23.8 Å². The lowest BCUT2D eigenvalue weighted by Gasteiger charge is -2.38. The van der Waals surface area contributed by atoms with Crippen molar-refractivity contribution >= 4 is 0 Å². The topological polar surface area (TPSA) is 60.6 Å². The molecule has 2 aliphatic rings. The van der Waals surface area contributed by atoms with E-state index in [1.807, 2.05) is 12.1 Å². The normalized spacial score (nSPS) is 24.6. The van der Waals surface area contributed by atoms with Gasteiger partial charge in [0.2, 0.25) is 5.89 Å². The average Bonchev–Trinajstić information content (AvgIpc) is 3.24. The van der Waals surface area contributed by atoms with Crippen molar-refractivity contribution in [1.82, 2.24) is 15.1 Å². The molecule has 4 rings (SSSR count). The van der Waals surface area contributed by atoms with Gasteiger partial charge in [-0.05, 0) is 30.0 Å². The molecule has 3 heterocycles. The van der Waals surface area contributed by atoms with Crippen LogP contribution >= 0.6 is 0 Å². The van der Waals surface area contributed by atoms with E-state index in [4.69, 9.17) is 13.9 Å². The highest BCUT2D eigenvalue weighted by molar-refractivity contribution is 5.17. The second kappa shape index (κ2) is 6.82. The molecule has 1 atom stereocenters. The molecule has 2 saturated heterocycles. The van der Waals surface area contributed by atoms with Crippen molar-refractivity contribution in [3.05, 3.63) is 47.4 Å². The van der Waals surface area contributed by atoms with Crippen LogP contribution in [0.4, 0.5) is 4.39 Å². The summed E-state index contributed by atoms with van der Waals surface area (Å²) in [6.45, 7) is 3.70. The van der Waals surface area contributed by atoms with Gasteiger partial charge in [-0.1, -0.05) is 12.1 Å². The summed E-state index contributed by atoms with van der Waals surface area (Å²) < 4.78 is 29.8. The van der Waals surface area contributed by atoms with Crippen LogP contribution < -0.4 is 0 Å². The van der Waals surface area contributed by atoms with Crippen molar-refractivity contribution in [3.63, 3.8) is 0 Å². The fourth-order valence-electron chi connectivity index (χ4n) is 3.54. The zero-order valence-electron chi connectivity index (χ0n) is 14.3. The molecule has 0 saturated carbocycles. The molecule has 0 amide bonds. The Kier molecular flexibility index (Phi) is 4.54. The maximum absolute atomic E-state index is 12.9. The summed E-state index contributed by atoms with van der Waals surface area (Å²) in [5, 5.41) is 8.32. The van der Waals surface area contributed by atoms with Crippen LogP contribution in [-0.4, -0.2) is 48.5 Å². The lowest BCUT2D eigenvalue weighted by molar-refractivity contribution is -0.0424. The van der Waals surface area contributed by atoms with Crippen molar-refractivity contribution in [2.24, 2.45) is 5.92 Å². The standard InChI is InChI=1S/C18H22FN3O3/c1-23-18(6-7-24-12-18)17-21-20-16(25-17)11-22-9-14(10-22)8-13-2-4-15(19)5-3-13/h2-5,14H,6-12H2,1H3. The highest BCUT2D eigenvalue weighted by Crippen LogP contribution is 2.33. The van der Waals surface area contributed by atoms with Crippen LogP contribution in [0.2, 0.25) is 0 Å². The number of benzene rings is 1. The molecular formula is C18H22FN3O3. The summed E-state index contributed by atoms with van der Waals surface area (Å²) in [6, 6.07) is 6.75. The number of nitrogens with zero attached hydrogens (tertiary/aromatic N) is 3. The van der Waals surface area contributed by atoms with E-state index in [-0.39, 0.29) is 5.82 Å². The van der Waals surface area contributed by atoms with Crippen LogP contribution in [0.15, 0.2) is 28.7 Å². The molecule has 2 aliphatic heterocycles. The van der Waals surface area contributed by atoms with Crippen LogP contribution in [-0.2, 0) is 28.0 Å². The molecule has 1 unspecified atom stereocenters. The fraction of sp³-hybridized carbons (Fsp3) is 0.556. The Morgan fingerprint density at radius 3 is 2.76 bits per heavy atom. The van der Waals surface area contributed by atoms with Gasteiger partial charge in [-0.15, -0.1) is 10.2 Å². The minimum absolute atomic E-state index is 0.187. The molecule has 0 aliphatic carbocycles. The van der Waals surface area contributed by atoms with Crippen molar-refractivity contribution in [3.8, 4) is 0 Å². The molecule has 1 aromatic heterocycles. The number of likely N-dealkylation sites (tertiary alicyclic amines) is 1. The Balaban J connectivity index is 1.29. The smallest absolute Gasteiger partial charge is 0.250 e. The van der Waals surface area contributed by atoms with E-state index in [0.29, 0.717) is 37.5 Å². The third-order valence-electron chi connectivity index (χ3n) is 5.06. The van der Waals surface area contributed by atoms with Gasteiger partial charge in [0.25, 0.3) is 5.89 Å². The van der Waals surface area contributed by atoms with E-state index in [0.717, 1.165) is 25.9 Å². The van der Waals surface area contributed by atoms with Crippen LogP contribution in [0.5, 0.6) is 0 Å². The Morgan fingerprint density at radius 1 is 1.28 bits per heavy atom. The molecule has 0 radical (unpaired) electrons. The van der Waals surface area contributed by atoms with E-state index in [9.17, 15) is 4.39 Å². The summed E-state index contributed by atoms with van der Waals surface area (Å²) >= 11 is 0. The van der Waals surface area contributed by atoms with Crippen molar-refractivity contribution in [2.75, 3.05) is 33.4 Å². The van der Waals surface area contributed by atoms with Gasteiger partial charge >= 0.3 is 0 Å². The Hall–Kier alpha value is -1.83. The van der Waals surface area contributed by atoms with Crippen molar-refractivity contribution in [1.29, 1.82) is 0 Å². The minimum Gasteiger partial charge on any atom is -0.421 e. The molecule has 2 fully saturated rings. The largest absolute Gasteiger partial charge is 0.421 e. The first-order valence-corrected chi connectivity index (χ1v) is 8.59. The molecule has 1 aromatic carbocycles. The maximum atomic E-state index is 12.9. The molecule has 6 nitrogen and oxygen atoms in total. The average molecular weight is 347 g/mol. The molecular weight excluding hydrogens is 325 g/mol. The third-order valence-corrected chi connectivity index (χ3v) is 5.06. The van der Waals surface area contributed by atoms with Crippen LogP contribution in [0.3, 0.4) is 0 Å². The molecule has 0 spiro atoms. The summed E-state index contributed by atoms with van der Waals surface area (Å²) in [6.07, 6.45) is 1.70. The zero-order chi connectivity index (χ0) is 17.3. The second-order valence-corrected chi connectivity index (χ2v) is 6.89. The number of methoxy groups -OCH3 is 1. The number of halogens is 1. The number of hydrogen-bond donors (Lipinski definition) is 0. The Labute approximate surface area is 145 Å². The first kappa shape index (κ1) is 16.6. The highest BCUT2D eigenvalue weighted by Gasteiger charge is 2.42. The molecule has 25 heavy (non-hydrogen) atoms. The lowest BCUT2D eigenvalue weighted by atomic mass is 9.92. The SMILES string of the molecule is COC1(c2nnc(CN3CC(Cc4ccc(F)cc4)C3)o2)CCOC1. The maximum Gasteiger partial charge on any atom is 0.250 e. The van der Waals surface area contributed by atoms with Gasteiger partial charge in [-0.2, -0.15) is 0 Å². The van der Waals surface area contributed by atoms with Crippen molar-refractivity contribution in [2.45, 2.75) is 25.0 Å². The van der Waals surface area contributed by atoms with Gasteiger partial charge in [-0.25, -0.2) is 4.39 Å².